The summed E-state index contributed by atoms with van der Waals surface area (Å²) >= 11 is 4.70. The van der Waals surface area contributed by atoms with Gasteiger partial charge in [-0.15, -0.1) is 0 Å². The second-order valence-corrected chi connectivity index (χ2v) is 4.38. The number of hydrogen-bond acceptors (Lipinski definition) is 2. The highest BCUT2D eigenvalue weighted by atomic mass is 32.1. The first-order valence-corrected chi connectivity index (χ1v) is 5.93. The molecule has 0 heterocycles. The van der Waals surface area contributed by atoms with Crippen molar-refractivity contribution in [1.82, 2.24) is 0 Å². The van der Waals surface area contributed by atoms with Crippen molar-refractivity contribution >= 4 is 17.2 Å². The Bertz CT molecular complexity index is 448. The lowest BCUT2D eigenvalue weighted by molar-refractivity contribution is -0.138. The van der Waals surface area contributed by atoms with E-state index in [1.54, 1.807) is 6.07 Å². The Balaban J connectivity index is 2.40. The van der Waals surface area contributed by atoms with Crippen molar-refractivity contribution in [1.29, 1.82) is 0 Å². The van der Waals surface area contributed by atoms with Crippen LogP contribution in [0, 0.1) is 5.82 Å². The largest absolute Gasteiger partial charge is 0.389 e. The molecule has 0 fully saturated rings. The Labute approximate surface area is 113 Å². The molecule has 2 nitrogen and oxygen atoms in total. The van der Waals surface area contributed by atoms with Crippen molar-refractivity contribution in [3.8, 4) is 0 Å². The summed E-state index contributed by atoms with van der Waals surface area (Å²) in [4.78, 5) is 0.0801. The first-order chi connectivity index (χ1) is 8.79. The van der Waals surface area contributed by atoms with E-state index in [4.69, 9.17) is 22.7 Å². The van der Waals surface area contributed by atoms with Crippen molar-refractivity contribution < 1.29 is 22.3 Å². The molecule has 0 spiro atoms. The molecule has 1 aromatic carbocycles. The molecule has 19 heavy (non-hydrogen) atoms. The molecule has 0 aliphatic carbocycles. The lowest BCUT2D eigenvalue weighted by atomic mass is 10.1. The summed E-state index contributed by atoms with van der Waals surface area (Å²) in [6, 6.07) is 4.17. The monoisotopic (exact) mass is 295 g/mol. The van der Waals surface area contributed by atoms with Crippen LogP contribution < -0.4 is 5.73 Å². The van der Waals surface area contributed by atoms with Crippen LogP contribution in [0.4, 0.5) is 17.6 Å². The zero-order valence-corrected chi connectivity index (χ0v) is 10.8. The van der Waals surface area contributed by atoms with Gasteiger partial charge in [-0.3, -0.25) is 0 Å². The van der Waals surface area contributed by atoms with Gasteiger partial charge in [0, 0.05) is 24.2 Å². The van der Waals surface area contributed by atoms with E-state index in [2.05, 4.69) is 0 Å². The number of hydrogen-bond donors (Lipinski definition) is 1. The molecule has 0 aliphatic rings. The summed E-state index contributed by atoms with van der Waals surface area (Å²) in [7, 11) is 0. The molecule has 2 N–H and O–H groups in total. The molecule has 7 heteroatoms. The van der Waals surface area contributed by atoms with Gasteiger partial charge in [0.05, 0.1) is 6.61 Å². The zero-order chi connectivity index (χ0) is 14.5. The van der Waals surface area contributed by atoms with Crippen LogP contribution in [0.3, 0.4) is 0 Å². The van der Waals surface area contributed by atoms with Crippen molar-refractivity contribution in [2.75, 3.05) is 6.61 Å². The van der Waals surface area contributed by atoms with Crippen LogP contribution in [0.1, 0.15) is 24.0 Å². The van der Waals surface area contributed by atoms with Gasteiger partial charge in [-0.2, -0.15) is 13.2 Å². The van der Waals surface area contributed by atoms with Gasteiger partial charge < -0.3 is 10.5 Å². The van der Waals surface area contributed by atoms with Crippen LogP contribution in [0.25, 0.3) is 0 Å². The Hall–Kier alpha value is -1.21. The fraction of sp³-hybridized carbons (Fsp3) is 0.417. The van der Waals surface area contributed by atoms with E-state index in [0.717, 1.165) is 0 Å². The molecule has 0 saturated heterocycles. The summed E-state index contributed by atoms with van der Waals surface area (Å²) in [5.41, 5.74) is 5.99. The molecule has 0 unspecified atom stereocenters. The maximum atomic E-state index is 13.5. The first-order valence-electron chi connectivity index (χ1n) is 5.52. The van der Waals surface area contributed by atoms with Crippen molar-refractivity contribution in [2.24, 2.45) is 5.73 Å². The third-order valence-corrected chi connectivity index (χ3v) is 2.58. The molecular formula is C12H13F4NOS. The van der Waals surface area contributed by atoms with Crippen LogP contribution in [0.15, 0.2) is 18.2 Å². The van der Waals surface area contributed by atoms with Crippen LogP contribution in [0.5, 0.6) is 0 Å². The molecule has 0 bridgehead atoms. The summed E-state index contributed by atoms with van der Waals surface area (Å²) in [6.45, 7) is -0.155. The van der Waals surface area contributed by atoms with E-state index < -0.39 is 18.4 Å². The number of nitrogens with two attached hydrogens (primary N) is 1. The van der Waals surface area contributed by atoms with E-state index in [9.17, 15) is 17.6 Å². The maximum absolute atomic E-state index is 13.5. The van der Waals surface area contributed by atoms with E-state index in [-0.39, 0.29) is 30.2 Å². The van der Waals surface area contributed by atoms with Gasteiger partial charge in [0.2, 0.25) is 0 Å². The molecule has 0 saturated carbocycles. The number of rotatable bonds is 6. The van der Waals surface area contributed by atoms with Gasteiger partial charge in [-0.25, -0.2) is 4.39 Å². The Kier molecular flexibility index (Phi) is 5.68. The number of halogens is 4. The highest BCUT2D eigenvalue weighted by Crippen LogP contribution is 2.21. The average Bonchev–Trinajstić information content (AvgIpc) is 2.28. The first kappa shape index (κ1) is 15.8. The topological polar surface area (TPSA) is 35.2 Å². The van der Waals surface area contributed by atoms with Crippen molar-refractivity contribution in [3.05, 3.63) is 35.1 Å². The summed E-state index contributed by atoms with van der Waals surface area (Å²) in [5, 5.41) is 0. The predicted octanol–water partition coefficient (Wildman–Crippen LogP) is 3.32. The number of thiocarbonyl (C=S) groups is 1. The van der Waals surface area contributed by atoms with Gasteiger partial charge in [-0.1, -0.05) is 24.4 Å². The predicted molar refractivity (Wildman–Crippen MR) is 67.2 cm³/mol. The molecule has 1 aromatic rings. The molecular weight excluding hydrogens is 282 g/mol. The van der Waals surface area contributed by atoms with Gasteiger partial charge >= 0.3 is 6.18 Å². The van der Waals surface area contributed by atoms with Gasteiger partial charge in [-0.05, 0) is 12.5 Å². The van der Waals surface area contributed by atoms with Crippen molar-refractivity contribution in [2.45, 2.75) is 25.6 Å². The normalized spacial score (nSPS) is 11.6. The molecule has 0 radical (unpaired) electrons. The second-order valence-electron chi connectivity index (χ2n) is 3.94. The van der Waals surface area contributed by atoms with Gasteiger partial charge in [0.1, 0.15) is 10.8 Å². The number of ether oxygens (including phenoxy) is 1. The fourth-order valence-corrected chi connectivity index (χ4v) is 1.50. The molecule has 1 rings (SSSR count). The lowest BCUT2D eigenvalue weighted by Gasteiger charge is -2.08. The van der Waals surface area contributed by atoms with E-state index >= 15 is 0 Å². The molecule has 0 aliphatic heterocycles. The number of alkyl halides is 3. The quantitative estimate of drug-likeness (QED) is 0.497. The standard InChI is InChI=1S/C12H13F4NOS/c13-10-6-8(11(17)19)2-3-9(10)7-18-5-1-4-12(14,15)16/h2-3,6H,1,4-5,7H2,(H2,17,19). The number of benzene rings is 1. The highest BCUT2D eigenvalue weighted by molar-refractivity contribution is 7.80. The lowest BCUT2D eigenvalue weighted by Crippen LogP contribution is -2.11. The van der Waals surface area contributed by atoms with Crippen LogP contribution in [-0.2, 0) is 11.3 Å². The maximum Gasteiger partial charge on any atom is 0.389 e. The van der Waals surface area contributed by atoms with E-state index in [1.165, 1.54) is 12.1 Å². The van der Waals surface area contributed by atoms with Crippen LogP contribution >= 0.6 is 12.2 Å². The summed E-state index contributed by atoms with van der Waals surface area (Å²) < 4.78 is 54.1. The van der Waals surface area contributed by atoms with E-state index in [0.29, 0.717) is 5.56 Å². The van der Waals surface area contributed by atoms with E-state index in [1.807, 2.05) is 0 Å². The van der Waals surface area contributed by atoms with Crippen LogP contribution in [-0.4, -0.2) is 17.8 Å². The SMILES string of the molecule is NC(=S)c1ccc(COCCCC(F)(F)F)c(F)c1. The van der Waals surface area contributed by atoms with Gasteiger partial charge in [0.15, 0.2) is 0 Å². The minimum Gasteiger partial charge on any atom is -0.389 e. The molecule has 106 valence electrons. The van der Waals surface area contributed by atoms with Gasteiger partial charge in [0.25, 0.3) is 0 Å². The Morgan fingerprint density at radius 3 is 2.53 bits per heavy atom. The minimum absolute atomic E-state index is 0.0734. The third kappa shape index (κ3) is 5.98. The zero-order valence-electron chi connectivity index (χ0n) is 9.97. The molecule has 0 aromatic heterocycles. The Morgan fingerprint density at radius 1 is 1.32 bits per heavy atom. The van der Waals surface area contributed by atoms with Crippen molar-refractivity contribution in [3.63, 3.8) is 0 Å². The Morgan fingerprint density at radius 2 is 2.00 bits per heavy atom. The molecule has 0 atom stereocenters. The summed E-state index contributed by atoms with van der Waals surface area (Å²) in [5.74, 6) is -0.541. The van der Waals surface area contributed by atoms with Crippen LogP contribution in [0.2, 0.25) is 0 Å². The smallest absolute Gasteiger partial charge is 0.389 e. The third-order valence-electron chi connectivity index (χ3n) is 2.34. The average molecular weight is 295 g/mol. The summed E-state index contributed by atoms with van der Waals surface area (Å²) in [6.07, 6.45) is -5.24. The minimum atomic E-state index is -4.19. The fourth-order valence-electron chi connectivity index (χ4n) is 1.37. The molecule has 0 amide bonds. The second kappa shape index (κ2) is 6.81. The highest BCUT2D eigenvalue weighted by Gasteiger charge is 2.25.